The molecular weight excluding hydrogens is 348 g/mol. The van der Waals surface area contributed by atoms with Crippen molar-refractivity contribution >= 4 is 20.3 Å². The van der Waals surface area contributed by atoms with E-state index in [2.05, 4.69) is 50.4 Å². The molecule has 0 saturated heterocycles. The average Bonchev–Trinajstić information content (AvgIpc) is 2.50. The number of nitrogens with zero attached hydrogens (tertiary/aromatic N) is 1. The molecule has 6 nitrogen and oxygen atoms in total. The predicted molar refractivity (Wildman–Crippen MR) is 107 cm³/mol. The summed E-state index contributed by atoms with van der Waals surface area (Å²) >= 11 is 0. The van der Waals surface area contributed by atoms with Crippen LogP contribution in [-0.4, -0.2) is 44.0 Å². The lowest BCUT2D eigenvalue weighted by atomic mass is 9.93. The van der Waals surface area contributed by atoms with Crippen molar-refractivity contribution in [1.82, 2.24) is 10.4 Å². The zero-order valence-electron chi connectivity index (χ0n) is 17.7. The Morgan fingerprint density at radius 3 is 2.19 bits per heavy atom. The standard InChI is InChI=1S/C19H36N2O4Si/c1-9-24-17(22)20-21(18(23)25-10-2)19(5,13-11-12-16(3)4)14-15-26(6,7)8/h16H,9-13H2,1-8H3,(H,20,22). The molecule has 7 heteroatoms. The van der Waals surface area contributed by atoms with Crippen LogP contribution >= 0.6 is 0 Å². The first-order valence-electron chi connectivity index (χ1n) is 9.40. The molecule has 150 valence electrons. The van der Waals surface area contributed by atoms with Crippen molar-refractivity contribution in [2.45, 2.75) is 79.1 Å². The summed E-state index contributed by atoms with van der Waals surface area (Å²) in [6, 6.07) is 0. The predicted octanol–water partition coefficient (Wildman–Crippen LogP) is 4.57. The SMILES string of the molecule is CCOC(=O)NN(C(=O)OCC)C(C)(C#C[Si](C)(C)C)CCCC(C)C. The van der Waals surface area contributed by atoms with Gasteiger partial charge >= 0.3 is 12.2 Å². The maximum absolute atomic E-state index is 12.5. The second-order valence-electron chi connectivity index (χ2n) is 7.93. The fraction of sp³-hybridized carbons (Fsp3) is 0.789. The van der Waals surface area contributed by atoms with E-state index >= 15 is 0 Å². The lowest BCUT2D eigenvalue weighted by Gasteiger charge is -2.36. The van der Waals surface area contributed by atoms with Crippen LogP contribution in [0.1, 0.15) is 53.9 Å². The molecule has 0 rings (SSSR count). The van der Waals surface area contributed by atoms with Gasteiger partial charge in [0, 0.05) is 0 Å². The Morgan fingerprint density at radius 2 is 1.73 bits per heavy atom. The number of nitrogens with one attached hydrogen (secondary N) is 1. The second-order valence-corrected chi connectivity index (χ2v) is 12.7. The highest BCUT2D eigenvalue weighted by molar-refractivity contribution is 6.83. The van der Waals surface area contributed by atoms with Gasteiger partial charge in [-0.3, -0.25) is 0 Å². The van der Waals surface area contributed by atoms with Crippen LogP contribution in [0.5, 0.6) is 0 Å². The van der Waals surface area contributed by atoms with E-state index in [1.165, 1.54) is 5.01 Å². The van der Waals surface area contributed by atoms with E-state index in [-0.39, 0.29) is 13.2 Å². The van der Waals surface area contributed by atoms with E-state index in [4.69, 9.17) is 9.47 Å². The number of hydrogen-bond donors (Lipinski definition) is 1. The molecule has 0 aliphatic carbocycles. The van der Waals surface area contributed by atoms with Crippen molar-refractivity contribution in [3.8, 4) is 11.5 Å². The van der Waals surface area contributed by atoms with Gasteiger partial charge in [-0.2, -0.15) is 5.01 Å². The Bertz CT molecular complexity index is 520. The molecule has 0 aromatic heterocycles. The Labute approximate surface area is 160 Å². The molecule has 1 unspecified atom stereocenters. The van der Waals surface area contributed by atoms with E-state index in [0.717, 1.165) is 12.8 Å². The lowest BCUT2D eigenvalue weighted by molar-refractivity contribution is 0.0380. The molecule has 1 atom stereocenters. The van der Waals surface area contributed by atoms with Gasteiger partial charge in [0.2, 0.25) is 0 Å². The van der Waals surface area contributed by atoms with Gasteiger partial charge in [0.25, 0.3) is 0 Å². The molecular formula is C19H36N2O4Si. The zero-order valence-corrected chi connectivity index (χ0v) is 18.7. The van der Waals surface area contributed by atoms with Crippen LogP contribution < -0.4 is 5.43 Å². The molecule has 2 amide bonds. The Balaban J connectivity index is 5.74. The summed E-state index contributed by atoms with van der Waals surface area (Å²) in [7, 11) is -1.67. The quantitative estimate of drug-likeness (QED) is 0.396. The first kappa shape index (κ1) is 24.3. The molecule has 0 aliphatic rings. The Kier molecular flexibility index (Phi) is 10.4. The van der Waals surface area contributed by atoms with Crippen LogP contribution in [0, 0.1) is 17.4 Å². The molecule has 0 heterocycles. The van der Waals surface area contributed by atoms with Gasteiger partial charge in [-0.15, -0.1) is 5.54 Å². The maximum atomic E-state index is 12.5. The van der Waals surface area contributed by atoms with Gasteiger partial charge in [-0.25, -0.2) is 15.0 Å². The molecule has 26 heavy (non-hydrogen) atoms. The number of carbonyl (C=O) groups excluding carboxylic acids is 2. The van der Waals surface area contributed by atoms with Crippen molar-refractivity contribution in [2.75, 3.05) is 13.2 Å². The van der Waals surface area contributed by atoms with Crippen molar-refractivity contribution in [1.29, 1.82) is 0 Å². The van der Waals surface area contributed by atoms with E-state index < -0.39 is 25.8 Å². The minimum absolute atomic E-state index is 0.212. The van der Waals surface area contributed by atoms with Crippen LogP contribution in [0.4, 0.5) is 9.59 Å². The number of amides is 2. The summed E-state index contributed by atoms with van der Waals surface area (Å²) < 4.78 is 10.1. The lowest BCUT2D eigenvalue weighted by Crippen LogP contribution is -2.58. The van der Waals surface area contributed by atoms with Gasteiger partial charge in [-0.1, -0.05) is 45.8 Å². The highest BCUT2D eigenvalue weighted by Crippen LogP contribution is 2.23. The molecule has 0 saturated carbocycles. The van der Waals surface area contributed by atoms with Crippen molar-refractivity contribution in [2.24, 2.45) is 5.92 Å². The third-order valence-electron chi connectivity index (χ3n) is 3.57. The highest BCUT2D eigenvalue weighted by Gasteiger charge is 2.37. The van der Waals surface area contributed by atoms with Crippen LogP contribution in [0.15, 0.2) is 0 Å². The van der Waals surface area contributed by atoms with E-state index in [1.54, 1.807) is 13.8 Å². The molecule has 0 aromatic carbocycles. The summed E-state index contributed by atoms with van der Waals surface area (Å²) in [6.45, 7) is 16.5. The molecule has 0 radical (unpaired) electrons. The summed E-state index contributed by atoms with van der Waals surface area (Å²) in [5, 5.41) is 1.20. The normalized spacial score (nSPS) is 13.3. The van der Waals surface area contributed by atoms with Crippen LogP contribution in [0.25, 0.3) is 0 Å². The summed E-state index contributed by atoms with van der Waals surface area (Å²) in [4.78, 5) is 24.5. The van der Waals surface area contributed by atoms with Crippen LogP contribution in [0.3, 0.4) is 0 Å². The number of rotatable bonds is 7. The molecule has 1 N–H and O–H groups in total. The van der Waals surface area contributed by atoms with Gasteiger partial charge in [0.15, 0.2) is 0 Å². The zero-order chi connectivity index (χ0) is 20.4. The Hall–Kier alpha value is -1.68. The molecule has 0 aromatic rings. The second kappa shape index (κ2) is 11.1. The van der Waals surface area contributed by atoms with E-state index in [9.17, 15) is 9.59 Å². The third kappa shape index (κ3) is 9.71. The average molecular weight is 385 g/mol. The maximum Gasteiger partial charge on any atom is 0.430 e. The fourth-order valence-corrected chi connectivity index (χ4v) is 2.86. The summed E-state index contributed by atoms with van der Waals surface area (Å²) in [5.74, 6) is 3.82. The van der Waals surface area contributed by atoms with Gasteiger partial charge in [0.05, 0.1) is 13.2 Å². The van der Waals surface area contributed by atoms with Crippen molar-refractivity contribution < 1.29 is 19.1 Å². The molecule has 0 aliphatic heterocycles. The topological polar surface area (TPSA) is 67.9 Å². The monoisotopic (exact) mass is 384 g/mol. The highest BCUT2D eigenvalue weighted by atomic mass is 28.3. The third-order valence-corrected chi connectivity index (χ3v) is 4.45. The summed E-state index contributed by atoms with van der Waals surface area (Å²) in [5.41, 5.74) is 4.99. The molecule has 0 spiro atoms. The number of hydrazine groups is 1. The first-order chi connectivity index (χ1) is 11.9. The summed E-state index contributed by atoms with van der Waals surface area (Å²) in [6.07, 6.45) is 1.21. The van der Waals surface area contributed by atoms with Gasteiger partial charge in [0.1, 0.15) is 13.6 Å². The van der Waals surface area contributed by atoms with Crippen LogP contribution in [0.2, 0.25) is 19.6 Å². The van der Waals surface area contributed by atoms with Crippen LogP contribution in [-0.2, 0) is 9.47 Å². The largest absolute Gasteiger partial charge is 0.449 e. The fourth-order valence-electron chi connectivity index (χ4n) is 2.22. The Morgan fingerprint density at radius 1 is 1.15 bits per heavy atom. The van der Waals surface area contributed by atoms with Crippen molar-refractivity contribution in [3.63, 3.8) is 0 Å². The number of hydrogen-bond acceptors (Lipinski definition) is 4. The van der Waals surface area contributed by atoms with Gasteiger partial charge < -0.3 is 9.47 Å². The minimum atomic E-state index is -1.67. The first-order valence-corrected chi connectivity index (χ1v) is 12.9. The molecule has 0 fully saturated rings. The van der Waals surface area contributed by atoms with E-state index in [0.29, 0.717) is 12.3 Å². The number of ether oxygens (including phenoxy) is 2. The number of carbonyl (C=O) groups is 2. The minimum Gasteiger partial charge on any atom is -0.449 e. The van der Waals surface area contributed by atoms with E-state index in [1.807, 2.05) is 6.92 Å². The van der Waals surface area contributed by atoms with Crippen molar-refractivity contribution in [3.05, 3.63) is 0 Å². The van der Waals surface area contributed by atoms with Gasteiger partial charge in [-0.05, 0) is 39.5 Å². The molecule has 0 bridgehead atoms. The smallest absolute Gasteiger partial charge is 0.430 e.